The number of aryl methyl sites for hydroxylation is 1. The van der Waals surface area contributed by atoms with Crippen LogP contribution in [-0.2, 0) is 0 Å². The Morgan fingerprint density at radius 2 is 2.05 bits per heavy atom. The minimum Gasteiger partial charge on any atom is -0.382 e. The first-order valence-corrected chi connectivity index (χ1v) is 5.93. The summed E-state index contributed by atoms with van der Waals surface area (Å²) in [6.45, 7) is 1.95. The topological polar surface area (TPSA) is 80.5 Å². The molecule has 0 bridgehead atoms. The number of pyridine rings is 2. The van der Waals surface area contributed by atoms with Crippen molar-refractivity contribution < 1.29 is 0 Å². The zero-order chi connectivity index (χ0) is 13.2. The smallest absolute Gasteiger partial charge is 0.153 e. The fourth-order valence-corrected chi connectivity index (χ4v) is 2.07. The van der Waals surface area contributed by atoms with Crippen LogP contribution in [-0.4, -0.2) is 20.2 Å². The van der Waals surface area contributed by atoms with Crippen LogP contribution in [0.1, 0.15) is 5.69 Å². The summed E-state index contributed by atoms with van der Waals surface area (Å²) in [7, 11) is 0. The number of nitrogens with zero attached hydrogens (tertiary/aromatic N) is 3. The molecule has 3 N–H and O–H groups in total. The van der Waals surface area contributed by atoms with Crippen molar-refractivity contribution in [3.8, 4) is 22.4 Å². The quantitative estimate of drug-likeness (QED) is 0.733. The molecular weight excluding hydrogens is 238 g/mol. The van der Waals surface area contributed by atoms with Crippen molar-refractivity contribution in [1.29, 1.82) is 0 Å². The van der Waals surface area contributed by atoms with E-state index in [2.05, 4.69) is 20.2 Å². The summed E-state index contributed by atoms with van der Waals surface area (Å²) >= 11 is 0. The molecule has 0 unspecified atom stereocenters. The first kappa shape index (κ1) is 11.4. The lowest BCUT2D eigenvalue weighted by atomic mass is 10.0. The van der Waals surface area contributed by atoms with Crippen LogP contribution >= 0.6 is 0 Å². The molecule has 0 amide bonds. The molecule has 3 heterocycles. The van der Waals surface area contributed by atoms with E-state index in [0.717, 1.165) is 28.1 Å². The average Bonchev–Trinajstić information content (AvgIpc) is 2.82. The molecule has 0 saturated carbocycles. The summed E-state index contributed by atoms with van der Waals surface area (Å²) in [6.07, 6.45) is 5.28. The van der Waals surface area contributed by atoms with Crippen molar-refractivity contribution in [2.45, 2.75) is 6.92 Å². The third-order valence-electron chi connectivity index (χ3n) is 2.93. The Morgan fingerprint density at radius 1 is 1.16 bits per heavy atom. The molecule has 3 aromatic rings. The van der Waals surface area contributed by atoms with Crippen LogP contribution in [0.2, 0.25) is 0 Å². The van der Waals surface area contributed by atoms with Gasteiger partial charge >= 0.3 is 0 Å². The largest absolute Gasteiger partial charge is 0.382 e. The molecule has 0 fully saturated rings. The van der Waals surface area contributed by atoms with Crippen molar-refractivity contribution in [2.24, 2.45) is 0 Å². The molecule has 0 atom stereocenters. The van der Waals surface area contributed by atoms with Gasteiger partial charge in [0.25, 0.3) is 0 Å². The zero-order valence-electron chi connectivity index (χ0n) is 10.5. The number of rotatable bonds is 2. The first-order valence-electron chi connectivity index (χ1n) is 5.93. The Bertz CT molecular complexity index is 703. The van der Waals surface area contributed by atoms with Crippen LogP contribution in [0.4, 0.5) is 5.82 Å². The number of hydrogen-bond donors (Lipinski definition) is 2. The second kappa shape index (κ2) is 4.53. The Hall–Kier alpha value is -2.69. The van der Waals surface area contributed by atoms with Crippen molar-refractivity contribution in [3.05, 3.63) is 48.5 Å². The maximum Gasteiger partial charge on any atom is 0.153 e. The van der Waals surface area contributed by atoms with Gasteiger partial charge in [0, 0.05) is 35.4 Å². The van der Waals surface area contributed by atoms with Gasteiger partial charge in [-0.05, 0) is 25.1 Å². The molecule has 5 nitrogen and oxygen atoms in total. The lowest BCUT2D eigenvalue weighted by Crippen LogP contribution is -1.90. The second-order valence-electron chi connectivity index (χ2n) is 4.29. The maximum atomic E-state index is 5.96. The summed E-state index contributed by atoms with van der Waals surface area (Å²) in [5, 5.41) is 7.09. The van der Waals surface area contributed by atoms with Gasteiger partial charge in [0.15, 0.2) is 5.82 Å². The first-order chi connectivity index (χ1) is 9.25. The van der Waals surface area contributed by atoms with Crippen LogP contribution in [0, 0.1) is 6.92 Å². The van der Waals surface area contributed by atoms with Gasteiger partial charge < -0.3 is 5.73 Å². The molecule has 0 aliphatic carbocycles. The van der Waals surface area contributed by atoms with Gasteiger partial charge in [0.05, 0.1) is 11.3 Å². The minimum absolute atomic E-state index is 0.470. The standard InChI is InChI=1S/C14H13N5/c1-9-7-10(4-6-17-9)13-12(14(15)19-18-13)11-3-2-5-16-8-11/h2-8H,1H3,(H3,15,18,19). The molecule has 3 aromatic heterocycles. The van der Waals surface area contributed by atoms with E-state index in [1.807, 2.05) is 31.2 Å². The van der Waals surface area contributed by atoms with Crippen molar-refractivity contribution >= 4 is 5.82 Å². The monoisotopic (exact) mass is 251 g/mol. The Kier molecular flexibility index (Phi) is 2.72. The lowest BCUT2D eigenvalue weighted by Gasteiger charge is -2.04. The highest BCUT2D eigenvalue weighted by Gasteiger charge is 2.14. The van der Waals surface area contributed by atoms with E-state index < -0.39 is 0 Å². The van der Waals surface area contributed by atoms with Gasteiger partial charge in [-0.15, -0.1) is 0 Å². The number of anilines is 1. The number of nitrogen functional groups attached to an aromatic ring is 1. The third kappa shape index (κ3) is 2.06. The maximum absolute atomic E-state index is 5.96. The molecule has 0 aliphatic rings. The predicted octanol–water partition coefficient (Wildman–Crippen LogP) is 2.42. The summed E-state index contributed by atoms with van der Waals surface area (Å²) in [6, 6.07) is 7.77. The predicted molar refractivity (Wildman–Crippen MR) is 74.2 cm³/mol. The van der Waals surface area contributed by atoms with E-state index in [9.17, 15) is 0 Å². The van der Waals surface area contributed by atoms with E-state index in [0.29, 0.717) is 5.82 Å². The van der Waals surface area contributed by atoms with Gasteiger partial charge in [0.1, 0.15) is 0 Å². The van der Waals surface area contributed by atoms with Crippen molar-refractivity contribution in [2.75, 3.05) is 5.73 Å². The van der Waals surface area contributed by atoms with Gasteiger partial charge in [-0.1, -0.05) is 6.07 Å². The Morgan fingerprint density at radius 3 is 2.79 bits per heavy atom. The number of nitrogens with two attached hydrogens (primary N) is 1. The Balaban J connectivity index is 2.19. The minimum atomic E-state index is 0.470. The molecule has 0 aliphatic heterocycles. The van der Waals surface area contributed by atoms with Gasteiger partial charge in [0.2, 0.25) is 0 Å². The highest BCUT2D eigenvalue weighted by atomic mass is 15.2. The van der Waals surface area contributed by atoms with Gasteiger partial charge in [-0.25, -0.2) is 0 Å². The van der Waals surface area contributed by atoms with Crippen LogP contribution in [0.3, 0.4) is 0 Å². The van der Waals surface area contributed by atoms with Crippen LogP contribution < -0.4 is 5.73 Å². The fraction of sp³-hybridized carbons (Fsp3) is 0.0714. The third-order valence-corrected chi connectivity index (χ3v) is 2.93. The molecule has 19 heavy (non-hydrogen) atoms. The number of aromatic nitrogens is 4. The number of hydrogen-bond acceptors (Lipinski definition) is 4. The second-order valence-corrected chi connectivity index (χ2v) is 4.29. The van der Waals surface area contributed by atoms with E-state index in [4.69, 9.17) is 5.73 Å². The molecule has 0 saturated heterocycles. The van der Waals surface area contributed by atoms with Crippen LogP contribution in [0.25, 0.3) is 22.4 Å². The van der Waals surface area contributed by atoms with Crippen LogP contribution in [0.5, 0.6) is 0 Å². The SMILES string of the molecule is Cc1cc(-c2[nH]nc(N)c2-c2cccnc2)ccn1. The van der Waals surface area contributed by atoms with Gasteiger partial charge in [-0.2, -0.15) is 5.10 Å². The van der Waals surface area contributed by atoms with Gasteiger partial charge in [-0.3, -0.25) is 15.1 Å². The highest BCUT2D eigenvalue weighted by molar-refractivity contribution is 5.87. The molecule has 0 aromatic carbocycles. The van der Waals surface area contributed by atoms with Crippen molar-refractivity contribution in [3.63, 3.8) is 0 Å². The van der Waals surface area contributed by atoms with Crippen molar-refractivity contribution in [1.82, 2.24) is 20.2 Å². The normalized spacial score (nSPS) is 10.6. The summed E-state index contributed by atoms with van der Waals surface area (Å²) < 4.78 is 0. The number of nitrogens with one attached hydrogen (secondary N) is 1. The zero-order valence-corrected chi connectivity index (χ0v) is 10.5. The van der Waals surface area contributed by atoms with E-state index in [1.54, 1.807) is 18.6 Å². The highest BCUT2D eigenvalue weighted by Crippen LogP contribution is 2.33. The summed E-state index contributed by atoms with van der Waals surface area (Å²) in [5.74, 6) is 0.470. The molecular formula is C14H13N5. The number of aromatic amines is 1. The Labute approximate surface area is 110 Å². The van der Waals surface area contributed by atoms with E-state index in [-0.39, 0.29) is 0 Å². The fourth-order valence-electron chi connectivity index (χ4n) is 2.07. The lowest BCUT2D eigenvalue weighted by molar-refractivity contribution is 1.10. The molecule has 5 heteroatoms. The summed E-state index contributed by atoms with van der Waals surface area (Å²) in [4.78, 5) is 8.32. The molecule has 94 valence electrons. The molecule has 0 spiro atoms. The van der Waals surface area contributed by atoms with Crippen LogP contribution in [0.15, 0.2) is 42.9 Å². The van der Waals surface area contributed by atoms with E-state index in [1.165, 1.54) is 0 Å². The summed E-state index contributed by atoms with van der Waals surface area (Å²) in [5.41, 5.74) is 10.6. The van der Waals surface area contributed by atoms with E-state index >= 15 is 0 Å². The number of H-pyrrole nitrogens is 1. The molecule has 3 rings (SSSR count). The average molecular weight is 251 g/mol. The molecule has 0 radical (unpaired) electrons.